The molecule has 6 nitrogen and oxygen atoms in total. The maximum atomic E-state index is 13.1. The van der Waals surface area contributed by atoms with Gasteiger partial charge in [-0.25, -0.2) is 4.98 Å². The van der Waals surface area contributed by atoms with Crippen LogP contribution < -0.4 is 5.32 Å². The van der Waals surface area contributed by atoms with Crippen LogP contribution in [-0.2, 0) is 13.6 Å². The number of carbonyl (C=O) groups is 1. The third-order valence-corrected chi connectivity index (χ3v) is 4.33. The van der Waals surface area contributed by atoms with E-state index < -0.39 is 0 Å². The van der Waals surface area contributed by atoms with Crippen LogP contribution in [0.5, 0.6) is 0 Å². The van der Waals surface area contributed by atoms with Crippen LogP contribution in [0.15, 0.2) is 36.7 Å². The first-order valence-electron chi connectivity index (χ1n) is 8.29. The van der Waals surface area contributed by atoms with Gasteiger partial charge in [-0.1, -0.05) is 12.1 Å². The molecule has 8 heteroatoms. The summed E-state index contributed by atoms with van der Waals surface area (Å²) in [6.07, 6.45) is 3.70. The van der Waals surface area contributed by atoms with Gasteiger partial charge in [0.05, 0.1) is 0 Å². The fourth-order valence-corrected chi connectivity index (χ4v) is 3.21. The van der Waals surface area contributed by atoms with Gasteiger partial charge in [-0.15, -0.1) is 24.8 Å². The van der Waals surface area contributed by atoms with Gasteiger partial charge in [0.15, 0.2) is 0 Å². The first-order chi connectivity index (χ1) is 11.6. The Balaban J connectivity index is 0.00000169. The minimum atomic E-state index is -0.0382. The van der Waals surface area contributed by atoms with Crippen molar-refractivity contribution in [3.8, 4) is 0 Å². The van der Waals surface area contributed by atoms with Crippen LogP contribution >= 0.6 is 24.8 Å². The summed E-state index contributed by atoms with van der Waals surface area (Å²) in [7, 11) is 6.03. The molecule has 0 bridgehead atoms. The Morgan fingerprint density at radius 2 is 2.12 bits per heavy atom. The Hall–Kier alpha value is -1.60. The predicted molar refractivity (Wildman–Crippen MR) is 108 cm³/mol. The Kier molecular flexibility index (Phi) is 8.56. The van der Waals surface area contributed by atoms with Crippen LogP contribution in [0.2, 0.25) is 0 Å². The summed E-state index contributed by atoms with van der Waals surface area (Å²) in [6.45, 7) is 3.05. The fourth-order valence-electron chi connectivity index (χ4n) is 3.21. The quantitative estimate of drug-likeness (QED) is 0.854. The molecule has 1 fully saturated rings. The second kappa shape index (κ2) is 9.92. The molecule has 1 unspecified atom stereocenters. The monoisotopic (exact) mass is 399 g/mol. The molecule has 0 spiro atoms. The topological polar surface area (TPSA) is 53.4 Å². The van der Waals surface area contributed by atoms with Crippen molar-refractivity contribution in [1.29, 1.82) is 0 Å². The average Bonchev–Trinajstić information content (AvgIpc) is 3.00. The highest BCUT2D eigenvalue weighted by Gasteiger charge is 2.31. The number of nitrogens with zero attached hydrogens (tertiary/aromatic N) is 4. The zero-order chi connectivity index (χ0) is 17.1. The number of aryl methyl sites for hydroxylation is 1. The van der Waals surface area contributed by atoms with Crippen molar-refractivity contribution in [3.05, 3.63) is 53.6 Å². The van der Waals surface area contributed by atoms with Gasteiger partial charge < -0.3 is 19.7 Å². The Morgan fingerprint density at radius 3 is 2.77 bits per heavy atom. The van der Waals surface area contributed by atoms with Crippen molar-refractivity contribution >= 4 is 30.7 Å². The van der Waals surface area contributed by atoms with Crippen molar-refractivity contribution in [1.82, 2.24) is 24.7 Å². The lowest BCUT2D eigenvalue weighted by Crippen LogP contribution is -2.49. The van der Waals surface area contributed by atoms with Crippen LogP contribution in [0.3, 0.4) is 0 Å². The first-order valence-corrected chi connectivity index (χ1v) is 8.29. The normalized spacial score (nSPS) is 16.8. The van der Waals surface area contributed by atoms with Crippen LogP contribution in [-0.4, -0.2) is 59.0 Å². The predicted octanol–water partition coefficient (Wildman–Crippen LogP) is 2.11. The van der Waals surface area contributed by atoms with Crippen molar-refractivity contribution in [3.63, 3.8) is 0 Å². The molecule has 0 radical (unpaired) electrons. The lowest BCUT2D eigenvalue weighted by Gasteiger charge is -2.36. The van der Waals surface area contributed by atoms with E-state index in [-0.39, 0.29) is 36.8 Å². The molecule has 0 saturated carbocycles. The highest BCUT2D eigenvalue weighted by atomic mass is 35.5. The van der Waals surface area contributed by atoms with Gasteiger partial charge >= 0.3 is 0 Å². The molecule has 26 heavy (non-hydrogen) atoms. The zero-order valence-electron chi connectivity index (χ0n) is 15.4. The van der Waals surface area contributed by atoms with Crippen molar-refractivity contribution in [2.45, 2.75) is 12.6 Å². The van der Waals surface area contributed by atoms with Crippen molar-refractivity contribution in [2.24, 2.45) is 7.05 Å². The van der Waals surface area contributed by atoms with Gasteiger partial charge in [-0.05, 0) is 31.8 Å². The molecular formula is C18H27Cl2N5O. The lowest BCUT2D eigenvalue weighted by molar-refractivity contribution is 0.0620. The SMILES string of the molecule is CN(C)Cc1cccc(C(=O)N2CCNCC2c2nccn2C)c1.Cl.Cl. The molecule has 1 aliphatic heterocycles. The molecule has 1 saturated heterocycles. The molecule has 1 aliphatic rings. The third kappa shape index (κ3) is 4.98. The molecule has 0 aliphatic carbocycles. The molecule has 3 rings (SSSR count). The number of hydrogen-bond acceptors (Lipinski definition) is 4. The van der Waals surface area contributed by atoms with E-state index in [0.29, 0.717) is 6.54 Å². The second-order valence-electron chi connectivity index (χ2n) is 6.55. The molecule has 1 aromatic heterocycles. The van der Waals surface area contributed by atoms with Gasteiger partial charge in [-0.2, -0.15) is 0 Å². The van der Waals surface area contributed by atoms with E-state index in [1.54, 1.807) is 6.20 Å². The summed E-state index contributed by atoms with van der Waals surface area (Å²) in [5.74, 6) is 0.991. The summed E-state index contributed by atoms with van der Waals surface area (Å²) in [6, 6.07) is 7.89. The number of imidazole rings is 1. The van der Waals surface area contributed by atoms with E-state index in [2.05, 4.69) is 21.3 Å². The summed E-state index contributed by atoms with van der Waals surface area (Å²) in [5, 5.41) is 3.37. The zero-order valence-corrected chi connectivity index (χ0v) is 17.0. The lowest BCUT2D eigenvalue weighted by atomic mass is 10.1. The first kappa shape index (κ1) is 22.4. The highest BCUT2D eigenvalue weighted by Crippen LogP contribution is 2.23. The minimum Gasteiger partial charge on any atom is -0.336 e. The molecular weight excluding hydrogens is 373 g/mol. The fraction of sp³-hybridized carbons (Fsp3) is 0.444. The van der Waals surface area contributed by atoms with E-state index in [0.717, 1.165) is 36.6 Å². The van der Waals surface area contributed by atoms with Crippen LogP contribution in [0.25, 0.3) is 0 Å². The van der Waals surface area contributed by atoms with E-state index in [4.69, 9.17) is 0 Å². The van der Waals surface area contributed by atoms with E-state index in [1.165, 1.54) is 0 Å². The van der Waals surface area contributed by atoms with Gasteiger partial charge in [0.25, 0.3) is 5.91 Å². The standard InChI is InChI=1S/C18H25N5O.2ClH/c1-21(2)13-14-5-4-6-15(11-14)18(24)23-10-7-19-12-16(23)17-20-8-9-22(17)3;;/h4-6,8-9,11,16,19H,7,10,12-13H2,1-3H3;2*1H. The number of piperazine rings is 1. The summed E-state index contributed by atoms with van der Waals surface area (Å²) in [5.41, 5.74) is 1.89. The van der Waals surface area contributed by atoms with E-state index >= 15 is 0 Å². The van der Waals surface area contributed by atoms with E-state index in [9.17, 15) is 4.79 Å². The number of hydrogen-bond donors (Lipinski definition) is 1. The second-order valence-corrected chi connectivity index (χ2v) is 6.55. The maximum absolute atomic E-state index is 13.1. The number of amides is 1. The van der Waals surface area contributed by atoms with Crippen LogP contribution in [0.1, 0.15) is 27.8 Å². The summed E-state index contributed by atoms with van der Waals surface area (Å²) in [4.78, 5) is 21.6. The van der Waals surface area contributed by atoms with Gasteiger partial charge in [0.2, 0.25) is 0 Å². The Bertz CT molecular complexity index is 719. The Labute approximate surface area is 167 Å². The smallest absolute Gasteiger partial charge is 0.254 e. The average molecular weight is 400 g/mol. The van der Waals surface area contributed by atoms with Gasteiger partial charge in [0.1, 0.15) is 11.9 Å². The molecule has 1 amide bonds. The number of aromatic nitrogens is 2. The number of halogens is 2. The van der Waals surface area contributed by atoms with Crippen molar-refractivity contribution in [2.75, 3.05) is 33.7 Å². The molecule has 1 atom stereocenters. The molecule has 2 aromatic rings. The van der Waals surface area contributed by atoms with Gasteiger partial charge in [0, 0.05) is 51.2 Å². The number of nitrogens with one attached hydrogen (secondary N) is 1. The van der Waals surface area contributed by atoms with Crippen LogP contribution in [0, 0.1) is 0 Å². The largest absolute Gasteiger partial charge is 0.336 e. The Morgan fingerprint density at radius 1 is 1.35 bits per heavy atom. The third-order valence-electron chi connectivity index (χ3n) is 4.33. The van der Waals surface area contributed by atoms with E-state index in [1.807, 2.05) is 55.0 Å². The van der Waals surface area contributed by atoms with Gasteiger partial charge in [-0.3, -0.25) is 4.79 Å². The van der Waals surface area contributed by atoms with Crippen LogP contribution in [0.4, 0.5) is 0 Å². The summed E-state index contributed by atoms with van der Waals surface area (Å²) >= 11 is 0. The minimum absolute atomic E-state index is 0. The molecule has 144 valence electrons. The maximum Gasteiger partial charge on any atom is 0.254 e. The number of rotatable bonds is 4. The van der Waals surface area contributed by atoms with Crippen molar-refractivity contribution < 1.29 is 4.79 Å². The molecule has 1 aromatic carbocycles. The highest BCUT2D eigenvalue weighted by molar-refractivity contribution is 5.94. The molecule has 1 N–H and O–H groups in total. The molecule has 2 heterocycles. The number of carbonyl (C=O) groups excluding carboxylic acids is 1. The summed E-state index contributed by atoms with van der Waals surface area (Å²) < 4.78 is 1.99. The number of benzene rings is 1.